The number of carbonyl (C=O) groups excluding carboxylic acids is 3. The van der Waals surface area contributed by atoms with Crippen molar-refractivity contribution < 1.29 is 19.1 Å². The van der Waals surface area contributed by atoms with Crippen molar-refractivity contribution >= 4 is 28.6 Å². The van der Waals surface area contributed by atoms with Gasteiger partial charge in [0.15, 0.2) is 0 Å². The predicted octanol–water partition coefficient (Wildman–Crippen LogP) is 1.35. The van der Waals surface area contributed by atoms with Gasteiger partial charge in [0.25, 0.3) is 0 Å². The molecule has 1 atom stereocenters. The number of para-hydroxylation sites is 1. The molecule has 0 spiro atoms. The molecule has 2 rings (SSSR count). The Morgan fingerprint density at radius 3 is 2.68 bits per heavy atom. The Morgan fingerprint density at radius 1 is 1.27 bits per heavy atom. The van der Waals surface area contributed by atoms with E-state index < -0.39 is 17.9 Å². The van der Waals surface area contributed by atoms with E-state index in [0.29, 0.717) is 6.42 Å². The molecule has 0 saturated heterocycles. The van der Waals surface area contributed by atoms with Crippen molar-refractivity contribution in [1.29, 1.82) is 0 Å². The van der Waals surface area contributed by atoms with Gasteiger partial charge in [-0.2, -0.15) is 0 Å². The van der Waals surface area contributed by atoms with Crippen LogP contribution in [-0.2, 0) is 25.5 Å². The molecule has 6 nitrogen and oxygen atoms in total. The number of aromatic amines is 1. The highest BCUT2D eigenvalue weighted by Crippen LogP contribution is 2.19. The fourth-order valence-corrected chi connectivity index (χ4v) is 2.33. The van der Waals surface area contributed by atoms with Gasteiger partial charge in [-0.1, -0.05) is 18.2 Å². The summed E-state index contributed by atoms with van der Waals surface area (Å²) in [6.07, 6.45) is 1.85. The zero-order chi connectivity index (χ0) is 16.1. The topological polar surface area (TPSA) is 88.3 Å². The molecule has 0 fully saturated rings. The first-order valence-corrected chi connectivity index (χ1v) is 6.93. The molecule has 1 amide bonds. The normalized spacial score (nSPS) is 11.9. The lowest BCUT2D eigenvalue weighted by Crippen LogP contribution is -2.43. The second kappa shape index (κ2) is 6.89. The lowest BCUT2D eigenvalue weighted by molar-refractivity contribution is -0.145. The number of Topliss-reactive ketones (excluding diaryl/α,β-unsaturated/α-hetero) is 1. The smallest absolute Gasteiger partial charge is 0.328 e. The van der Waals surface area contributed by atoms with Gasteiger partial charge in [-0.15, -0.1) is 0 Å². The van der Waals surface area contributed by atoms with Gasteiger partial charge in [-0.05, 0) is 18.6 Å². The fraction of sp³-hybridized carbons (Fsp3) is 0.312. The molecule has 1 aromatic heterocycles. The van der Waals surface area contributed by atoms with E-state index in [9.17, 15) is 14.4 Å². The minimum absolute atomic E-state index is 0.249. The summed E-state index contributed by atoms with van der Waals surface area (Å²) in [5, 5.41) is 3.54. The Hall–Kier alpha value is -2.63. The molecule has 22 heavy (non-hydrogen) atoms. The zero-order valence-corrected chi connectivity index (χ0v) is 12.5. The average molecular weight is 302 g/mol. The fourth-order valence-electron chi connectivity index (χ4n) is 2.33. The molecule has 116 valence electrons. The molecule has 1 aromatic carbocycles. The summed E-state index contributed by atoms with van der Waals surface area (Å²) in [6, 6.07) is 6.86. The SMILES string of the molecule is COC(=O)[C@H](Cc1c[nH]c2ccccc12)NC(=O)CC(C)=O. The molecule has 2 N–H and O–H groups in total. The van der Waals surface area contributed by atoms with Crippen LogP contribution in [0.5, 0.6) is 0 Å². The molecule has 0 radical (unpaired) electrons. The highest BCUT2D eigenvalue weighted by atomic mass is 16.5. The van der Waals surface area contributed by atoms with Gasteiger partial charge in [0.2, 0.25) is 5.91 Å². The van der Waals surface area contributed by atoms with Gasteiger partial charge in [-0.25, -0.2) is 4.79 Å². The quantitative estimate of drug-likeness (QED) is 0.622. The first-order chi connectivity index (χ1) is 10.5. The number of rotatable bonds is 6. The molecular weight excluding hydrogens is 284 g/mol. The van der Waals surface area contributed by atoms with Crippen molar-refractivity contribution in [3.05, 3.63) is 36.0 Å². The number of aromatic nitrogens is 1. The van der Waals surface area contributed by atoms with E-state index >= 15 is 0 Å². The number of benzene rings is 1. The first kappa shape index (κ1) is 15.8. The molecule has 0 unspecified atom stereocenters. The number of carbonyl (C=O) groups is 3. The van der Waals surface area contributed by atoms with Gasteiger partial charge in [0.05, 0.1) is 13.5 Å². The third-order valence-corrected chi connectivity index (χ3v) is 3.33. The maximum atomic E-state index is 11.9. The van der Waals surface area contributed by atoms with Crippen molar-refractivity contribution in [2.24, 2.45) is 0 Å². The molecule has 0 aliphatic heterocycles. The Morgan fingerprint density at radius 2 is 2.00 bits per heavy atom. The number of H-pyrrole nitrogens is 1. The summed E-state index contributed by atoms with van der Waals surface area (Å²) in [7, 11) is 1.27. The minimum Gasteiger partial charge on any atom is -0.467 e. The molecule has 0 bridgehead atoms. The summed E-state index contributed by atoms with van der Waals surface area (Å²) in [4.78, 5) is 37.7. The van der Waals surface area contributed by atoms with Gasteiger partial charge < -0.3 is 15.0 Å². The number of ketones is 1. The number of fused-ring (bicyclic) bond motifs is 1. The Labute approximate surface area is 127 Å². The van der Waals surface area contributed by atoms with Crippen molar-refractivity contribution in [1.82, 2.24) is 10.3 Å². The molecule has 1 heterocycles. The molecule has 0 aliphatic carbocycles. The van der Waals surface area contributed by atoms with E-state index in [1.54, 1.807) is 6.20 Å². The molecule has 6 heteroatoms. The van der Waals surface area contributed by atoms with Gasteiger partial charge in [0, 0.05) is 23.5 Å². The zero-order valence-electron chi connectivity index (χ0n) is 12.5. The van der Waals surface area contributed by atoms with E-state index in [4.69, 9.17) is 4.74 Å². The number of methoxy groups -OCH3 is 1. The van der Waals surface area contributed by atoms with Crippen molar-refractivity contribution in [2.45, 2.75) is 25.8 Å². The number of nitrogens with one attached hydrogen (secondary N) is 2. The van der Waals surface area contributed by atoms with Crippen LogP contribution in [0.2, 0.25) is 0 Å². The second-order valence-electron chi connectivity index (χ2n) is 5.09. The third-order valence-electron chi connectivity index (χ3n) is 3.33. The summed E-state index contributed by atoms with van der Waals surface area (Å²) in [5.41, 5.74) is 1.85. The summed E-state index contributed by atoms with van der Waals surface area (Å²) < 4.78 is 4.73. The summed E-state index contributed by atoms with van der Waals surface area (Å²) >= 11 is 0. The Balaban J connectivity index is 2.17. The van der Waals surface area contributed by atoms with Crippen LogP contribution in [0.3, 0.4) is 0 Å². The van der Waals surface area contributed by atoms with Crippen LogP contribution in [0.25, 0.3) is 10.9 Å². The second-order valence-corrected chi connectivity index (χ2v) is 5.09. The van der Waals surface area contributed by atoms with Crippen LogP contribution in [0, 0.1) is 0 Å². The maximum Gasteiger partial charge on any atom is 0.328 e. The number of amides is 1. The largest absolute Gasteiger partial charge is 0.467 e. The predicted molar refractivity (Wildman–Crippen MR) is 81.2 cm³/mol. The van der Waals surface area contributed by atoms with E-state index in [1.165, 1.54) is 14.0 Å². The lowest BCUT2D eigenvalue weighted by Gasteiger charge is -2.15. The van der Waals surface area contributed by atoms with Crippen LogP contribution in [0.15, 0.2) is 30.5 Å². The van der Waals surface area contributed by atoms with E-state index in [0.717, 1.165) is 16.5 Å². The first-order valence-electron chi connectivity index (χ1n) is 6.93. The molecular formula is C16H18N2O4. The van der Waals surface area contributed by atoms with Crippen LogP contribution >= 0.6 is 0 Å². The standard InChI is InChI=1S/C16H18N2O4/c1-10(19)7-15(20)18-14(16(21)22-2)8-11-9-17-13-6-4-3-5-12(11)13/h3-6,9,14,17H,7-8H2,1-2H3,(H,18,20)/t14-/m0/s1. The van der Waals surface area contributed by atoms with Crippen LogP contribution in [0.4, 0.5) is 0 Å². The van der Waals surface area contributed by atoms with E-state index in [1.807, 2.05) is 24.3 Å². The number of hydrogen-bond donors (Lipinski definition) is 2. The van der Waals surface area contributed by atoms with Crippen LogP contribution in [-0.4, -0.2) is 35.8 Å². The average Bonchev–Trinajstić information content (AvgIpc) is 2.88. The van der Waals surface area contributed by atoms with Crippen LogP contribution in [0.1, 0.15) is 18.9 Å². The van der Waals surface area contributed by atoms with Crippen molar-refractivity contribution in [2.75, 3.05) is 7.11 Å². The highest BCUT2D eigenvalue weighted by Gasteiger charge is 2.23. The Kier molecular flexibility index (Phi) is 4.93. The summed E-state index contributed by atoms with van der Waals surface area (Å²) in [6.45, 7) is 1.33. The molecule has 2 aromatic rings. The minimum atomic E-state index is -0.823. The van der Waals surface area contributed by atoms with Crippen molar-refractivity contribution in [3.63, 3.8) is 0 Å². The highest BCUT2D eigenvalue weighted by molar-refractivity contribution is 5.98. The van der Waals surface area contributed by atoms with Gasteiger partial charge >= 0.3 is 5.97 Å². The third kappa shape index (κ3) is 3.72. The Bertz CT molecular complexity index is 705. The van der Waals surface area contributed by atoms with Gasteiger partial charge in [0.1, 0.15) is 11.8 Å². The molecule has 0 saturated carbocycles. The number of ether oxygens (including phenoxy) is 1. The van der Waals surface area contributed by atoms with Crippen molar-refractivity contribution in [3.8, 4) is 0 Å². The van der Waals surface area contributed by atoms with Gasteiger partial charge in [-0.3, -0.25) is 9.59 Å². The maximum absolute atomic E-state index is 11.9. The number of hydrogen-bond acceptors (Lipinski definition) is 4. The lowest BCUT2D eigenvalue weighted by atomic mass is 10.0. The molecule has 0 aliphatic rings. The number of esters is 1. The van der Waals surface area contributed by atoms with Crippen LogP contribution < -0.4 is 5.32 Å². The van der Waals surface area contributed by atoms with E-state index in [2.05, 4.69) is 10.3 Å². The monoisotopic (exact) mass is 302 g/mol. The summed E-state index contributed by atoms with van der Waals surface area (Å²) in [5.74, 6) is -1.28. The van der Waals surface area contributed by atoms with E-state index in [-0.39, 0.29) is 12.2 Å².